The Morgan fingerprint density at radius 1 is 1.38 bits per heavy atom. The first kappa shape index (κ1) is 13.1. The molecule has 0 spiro atoms. The molecule has 0 aliphatic rings. The topological polar surface area (TPSA) is 0 Å². The Morgan fingerprint density at radius 3 is 2.56 bits per heavy atom. The van der Waals surface area contributed by atoms with Crippen LogP contribution in [0.2, 0.25) is 0 Å². The molecular formula is C12H12ClF3. The summed E-state index contributed by atoms with van der Waals surface area (Å²) in [5.74, 6) is 0.340. The molecule has 0 fully saturated rings. The lowest BCUT2D eigenvalue weighted by Gasteiger charge is -2.07. The van der Waals surface area contributed by atoms with Crippen molar-refractivity contribution < 1.29 is 13.2 Å². The molecule has 0 amide bonds. The summed E-state index contributed by atoms with van der Waals surface area (Å²) < 4.78 is 37.3. The normalized spacial score (nSPS) is 12.9. The molecule has 0 nitrogen and oxygen atoms in total. The average molecular weight is 249 g/mol. The van der Waals surface area contributed by atoms with Crippen LogP contribution in [0.1, 0.15) is 24.5 Å². The van der Waals surface area contributed by atoms with Crippen molar-refractivity contribution in [3.8, 4) is 0 Å². The summed E-state index contributed by atoms with van der Waals surface area (Å²) in [5.41, 5.74) is 0.819. The molecule has 0 aliphatic carbocycles. The molecule has 1 aromatic rings. The minimum atomic E-state index is -4.29. The highest BCUT2D eigenvalue weighted by atomic mass is 35.5. The highest BCUT2D eigenvalue weighted by molar-refractivity contribution is 6.19. The summed E-state index contributed by atoms with van der Waals surface area (Å²) in [7, 11) is 0. The van der Waals surface area contributed by atoms with Gasteiger partial charge >= 0.3 is 6.18 Å². The van der Waals surface area contributed by atoms with E-state index in [2.05, 4.69) is 0 Å². The highest BCUT2D eigenvalue weighted by Crippen LogP contribution is 2.30. The standard InChI is InChI=1S/C12H12ClF3/c1-2-9(8-13)6-10-4-3-5-11(7-10)12(14,15)16/h3-7H,2,8H2,1H3. The SMILES string of the molecule is CCC(=Cc1cccc(C(F)(F)F)c1)CCl. The Labute approximate surface area is 97.7 Å². The third-order valence-corrected chi connectivity index (χ3v) is 2.55. The van der Waals surface area contributed by atoms with E-state index in [0.29, 0.717) is 11.4 Å². The molecule has 1 aromatic carbocycles. The zero-order valence-electron chi connectivity index (χ0n) is 8.81. The first-order valence-electron chi connectivity index (χ1n) is 4.90. The first-order valence-corrected chi connectivity index (χ1v) is 5.43. The van der Waals surface area contributed by atoms with E-state index in [9.17, 15) is 13.2 Å². The van der Waals surface area contributed by atoms with Gasteiger partial charge in [-0.2, -0.15) is 13.2 Å². The lowest BCUT2D eigenvalue weighted by molar-refractivity contribution is -0.137. The van der Waals surface area contributed by atoms with Crippen LogP contribution in [0.25, 0.3) is 6.08 Å². The van der Waals surface area contributed by atoms with Crippen LogP contribution in [0, 0.1) is 0 Å². The van der Waals surface area contributed by atoms with Gasteiger partial charge in [0.05, 0.1) is 5.56 Å². The summed E-state index contributed by atoms with van der Waals surface area (Å²) in [6, 6.07) is 5.22. The molecule has 0 saturated carbocycles. The summed E-state index contributed by atoms with van der Waals surface area (Å²) in [5, 5.41) is 0. The fourth-order valence-corrected chi connectivity index (χ4v) is 1.54. The molecule has 1 rings (SSSR count). The molecule has 88 valence electrons. The van der Waals surface area contributed by atoms with Crippen LogP contribution in [0.15, 0.2) is 29.8 Å². The third kappa shape index (κ3) is 3.56. The molecule has 0 heterocycles. The van der Waals surface area contributed by atoms with Gasteiger partial charge in [0.15, 0.2) is 0 Å². The Hall–Kier alpha value is -0.960. The maximum absolute atomic E-state index is 12.4. The zero-order valence-corrected chi connectivity index (χ0v) is 9.57. The van der Waals surface area contributed by atoms with E-state index < -0.39 is 11.7 Å². The van der Waals surface area contributed by atoms with Crippen molar-refractivity contribution in [2.75, 3.05) is 5.88 Å². The van der Waals surface area contributed by atoms with Gasteiger partial charge in [0.25, 0.3) is 0 Å². The first-order chi connectivity index (χ1) is 7.47. The van der Waals surface area contributed by atoms with Gasteiger partial charge in [0, 0.05) is 5.88 Å². The van der Waals surface area contributed by atoms with E-state index >= 15 is 0 Å². The molecule has 0 radical (unpaired) electrons. The van der Waals surface area contributed by atoms with E-state index in [1.165, 1.54) is 6.07 Å². The van der Waals surface area contributed by atoms with Gasteiger partial charge in [0.1, 0.15) is 0 Å². The van der Waals surface area contributed by atoms with E-state index in [-0.39, 0.29) is 0 Å². The van der Waals surface area contributed by atoms with Gasteiger partial charge in [-0.3, -0.25) is 0 Å². The van der Waals surface area contributed by atoms with Crippen molar-refractivity contribution in [3.05, 3.63) is 41.0 Å². The fraction of sp³-hybridized carbons (Fsp3) is 0.333. The Kier molecular flexibility index (Phi) is 4.42. The van der Waals surface area contributed by atoms with Crippen LogP contribution in [-0.4, -0.2) is 5.88 Å². The van der Waals surface area contributed by atoms with Crippen LogP contribution < -0.4 is 0 Å². The van der Waals surface area contributed by atoms with Crippen molar-refractivity contribution >= 4 is 17.7 Å². The van der Waals surface area contributed by atoms with Crippen molar-refractivity contribution in [1.29, 1.82) is 0 Å². The van der Waals surface area contributed by atoms with Crippen LogP contribution >= 0.6 is 11.6 Å². The number of hydrogen-bond donors (Lipinski definition) is 0. The number of halogens is 4. The van der Waals surface area contributed by atoms with Gasteiger partial charge in [-0.25, -0.2) is 0 Å². The van der Waals surface area contributed by atoms with Crippen molar-refractivity contribution in [2.45, 2.75) is 19.5 Å². The largest absolute Gasteiger partial charge is 0.416 e. The lowest BCUT2D eigenvalue weighted by Crippen LogP contribution is -2.04. The molecule has 0 aromatic heterocycles. The Morgan fingerprint density at radius 2 is 2.06 bits per heavy atom. The minimum absolute atomic E-state index is 0.340. The summed E-state index contributed by atoms with van der Waals surface area (Å²) in [6.45, 7) is 1.92. The van der Waals surface area contributed by atoms with E-state index in [0.717, 1.165) is 24.1 Å². The van der Waals surface area contributed by atoms with Crippen LogP contribution in [0.5, 0.6) is 0 Å². The summed E-state index contributed by atoms with van der Waals surface area (Å²) in [6.07, 6.45) is -1.86. The molecule has 0 unspecified atom stereocenters. The average Bonchev–Trinajstić information content (AvgIpc) is 2.25. The third-order valence-electron chi connectivity index (χ3n) is 2.21. The number of rotatable bonds is 3. The second-order valence-corrected chi connectivity index (χ2v) is 3.68. The highest BCUT2D eigenvalue weighted by Gasteiger charge is 2.30. The maximum atomic E-state index is 12.4. The number of benzene rings is 1. The van der Waals surface area contributed by atoms with Crippen molar-refractivity contribution in [1.82, 2.24) is 0 Å². The van der Waals surface area contributed by atoms with Gasteiger partial charge in [0.2, 0.25) is 0 Å². The number of hydrogen-bond acceptors (Lipinski definition) is 0. The molecule has 4 heteroatoms. The van der Waals surface area contributed by atoms with E-state index in [1.807, 2.05) is 6.92 Å². The van der Waals surface area contributed by atoms with Gasteiger partial charge in [-0.05, 0) is 24.1 Å². The van der Waals surface area contributed by atoms with Crippen LogP contribution in [-0.2, 0) is 6.18 Å². The number of alkyl halides is 4. The molecular weight excluding hydrogens is 237 g/mol. The fourth-order valence-electron chi connectivity index (χ4n) is 1.28. The Balaban J connectivity index is 3.04. The van der Waals surface area contributed by atoms with Crippen LogP contribution in [0.4, 0.5) is 13.2 Å². The molecule has 16 heavy (non-hydrogen) atoms. The smallest absolute Gasteiger partial charge is 0.166 e. The lowest BCUT2D eigenvalue weighted by atomic mass is 10.1. The van der Waals surface area contributed by atoms with Gasteiger partial charge in [-0.15, -0.1) is 11.6 Å². The van der Waals surface area contributed by atoms with E-state index in [4.69, 9.17) is 11.6 Å². The maximum Gasteiger partial charge on any atom is 0.416 e. The molecule has 0 aliphatic heterocycles. The van der Waals surface area contributed by atoms with Crippen molar-refractivity contribution in [3.63, 3.8) is 0 Å². The Bertz CT molecular complexity index is 374. The predicted octanol–water partition coefficient (Wildman–Crippen LogP) is 4.74. The van der Waals surface area contributed by atoms with Gasteiger partial charge in [-0.1, -0.05) is 30.7 Å². The molecule has 0 saturated heterocycles. The second kappa shape index (κ2) is 5.39. The molecule has 0 N–H and O–H groups in total. The number of allylic oxidation sites excluding steroid dienone is 1. The second-order valence-electron chi connectivity index (χ2n) is 3.41. The molecule has 0 bridgehead atoms. The van der Waals surface area contributed by atoms with E-state index in [1.54, 1.807) is 12.1 Å². The van der Waals surface area contributed by atoms with Crippen LogP contribution in [0.3, 0.4) is 0 Å². The quantitative estimate of drug-likeness (QED) is 0.678. The molecule has 0 atom stereocenters. The van der Waals surface area contributed by atoms with Gasteiger partial charge < -0.3 is 0 Å². The summed E-state index contributed by atoms with van der Waals surface area (Å²) in [4.78, 5) is 0. The summed E-state index contributed by atoms with van der Waals surface area (Å²) >= 11 is 5.66. The zero-order chi connectivity index (χ0) is 12.2. The minimum Gasteiger partial charge on any atom is -0.166 e. The predicted molar refractivity (Wildman–Crippen MR) is 60.4 cm³/mol. The monoisotopic (exact) mass is 248 g/mol. The van der Waals surface area contributed by atoms with Crippen molar-refractivity contribution in [2.24, 2.45) is 0 Å².